The summed E-state index contributed by atoms with van der Waals surface area (Å²) < 4.78 is 0. The molecule has 1 N–H and O–H groups in total. The van der Waals surface area contributed by atoms with Gasteiger partial charge in [0.05, 0.1) is 0 Å². The molecule has 4 rings (SSSR count). The van der Waals surface area contributed by atoms with E-state index in [0.29, 0.717) is 6.54 Å². The fourth-order valence-electron chi connectivity index (χ4n) is 4.34. The summed E-state index contributed by atoms with van der Waals surface area (Å²) in [6, 6.07) is 9.72. The van der Waals surface area contributed by atoms with Crippen molar-refractivity contribution >= 4 is 17.6 Å². The van der Waals surface area contributed by atoms with E-state index in [1.54, 1.807) is 11.9 Å². The van der Waals surface area contributed by atoms with E-state index in [9.17, 15) is 9.59 Å². The van der Waals surface area contributed by atoms with Crippen LogP contribution in [-0.2, 0) is 4.79 Å². The number of hydrogen-bond donors (Lipinski definition) is 1. The van der Waals surface area contributed by atoms with Gasteiger partial charge >= 0.3 is 6.03 Å². The highest BCUT2D eigenvalue weighted by Crippen LogP contribution is 2.33. The number of anilines is 1. The third kappa shape index (κ3) is 2.66. The monoisotopic (exact) mass is 357 g/mol. The smallest absolute Gasteiger partial charge is 0.327 e. The third-order valence-corrected chi connectivity index (χ3v) is 5.51. The average molecular weight is 357 g/mol. The predicted octanol–water partition coefficient (Wildman–Crippen LogP) is 1.33. The molecule has 7 heteroatoms. The van der Waals surface area contributed by atoms with Crippen LogP contribution in [0.4, 0.5) is 10.5 Å². The van der Waals surface area contributed by atoms with E-state index in [-0.39, 0.29) is 36.4 Å². The largest absolute Gasteiger partial charge is 0.343 e. The zero-order valence-corrected chi connectivity index (χ0v) is 15.6. The third-order valence-electron chi connectivity index (χ3n) is 5.51. The lowest BCUT2D eigenvalue weighted by atomic mass is 10.1. The van der Waals surface area contributed by atoms with Crippen molar-refractivity contribution in [1.29, 1.82) is 0 Å². The van der Waals surface area contributed by atoms with E-state index in [1.807, 2.05) is 32.0 Å². The molecule has 1 aromatic rings. The van der Waals surface area contributed by atoms with Gasteiger partial charge in [-0.1, -0.05) is 32.0 Å². The minimum atomic E-state index is -0.326. The molecular formula is C19H27N5O2. The van der Waals surface area contributed by atoms with Crippen molar-refractivity contribution < 1.29 is 9.59 Å². The molecule has 140 valence electrons. The van der Waals surface area contributed by atoms with Crippen LogP contribution in [0.3, 0.4) is 0 Å². The van der Waals surface area contributed by atoms with Gasteiger partial charge in [0.2, 0.25) is 0 Å². The van der Waals surface area contributed by atoms with Gasteiger partial charge in [-0.05, 0) is 24.5 Å². The maximum absolute atomic E-state index is 13.2. The van der Waals surface area contributed by atoms with Crippen molar-refractivity contribution in [2.75, 3.05) is 31.6 Å². The number of benzene rings is 1. The Kier molecular flexibility index (Phi) is 4.36. The number of carbonyl (C=O) groups is 2. The number of hydrogen-bond acceptors (Lipinski definition) is 5. The van der Waals surface area contributed by atoms with Gasteiger partial charge in [0.1, 0.15) is 18.5 Å². The minimum absolute atomic E-state index is 0.0700. The molecule has 26 heavy (non-hydrogen) atoms. The number of urea groups is 1. The number of imide groups is 1. The number of carbonyl (C=O) groups excluding carboxylic acids is 2. The van der Waals surface area contributed by atoms with E-state index in [0.717, 1.165) is 25.2 Å². The Morgan fingerprint density at radius 2 is 1.88 bits per heavy atom. The molecule has 3 aliphatic heterocycles. The van der Waals surface area contributed by atoms with Crippen LogP contribution in [0, 0.1) is 5.92 Å². The summed E-state index contributed by atoms with van der Waals surface area (Å²) in [5, 5.41) is 3.54. The van der Waals surface area contributed by atoms with Crippen LogP contribution in [-0.4, -0.2) is 71.8 Å². The zero-order valence-electron chi connectivity index (χ0n) is 15.6. The highest BCUT2D eigenvalue weighted by molar-refractivity contribution is 6.00. The molecule has 7 nitrogen and oxygen atoms in total. The summed E-state index contributed by atoms with van der Waals surface area (Å²) in [5.41, 5.74) is 1.13. The Hall–Kier alpha value is -2.12. The fraction of sp³-hybridized carbons (Fsp3) is 0.579. The van der Waals surface area contributed by atoms with Crippen molar-refractivity contribution in [3.8, 4) is 0 Å². The lowest BCUT2D eigenvalue weighted by Crippen LogP contribution is -2.66. The van der Waals surface area contributed by atoms with Gasteiger partial charge in [0.25, 0.3) is 5.91 Å². The van der Waals surface area contributed by atoms with Crippen molar-refractivity contribution in [2.24, 2.45) is 5.92 Å². The standard InChI is InChI=1S/C19H27N5O2/c1-13(2)12-24-17(25)15-16(21(3)19(24)26)20-18-22(10-7-11-23(15)18)14-8-5-4-6-9-14/h4-6,8-9,13,15-16,18,20H,7,10-12H2,1-3H3. The van der Waals surface area contributed by atoms with Gasteiger partial charge < -0.3 is 9.80 Å². The summed E-state index contributed by atoms with van der Waals surface area (Å²) >= 11 is 0. The molecule has 3 atom stereocenters. The second-order valence-corrected chi connectivity index (χ2v) is 7.79. The van der Waals surface area contributed by atoms with Crippen LogP contribution in [0.25, 0.3) is 0 Å². The number of fused-ring (bicyclic) bond motifs is 3. The van der Waals surface area contributed by atoms with Gasteiger partial charge in [0, 0.05) is 32.4 Å². The van der Waals surface area contributed by atoms with Crippen LogP contribution in [0.2, 0.25) is 0 Å². The van der Waals surface area contributed by atoms with Gasteiger partial charge in [-0.3, -0.25) is 19.9 Å². The van der Waals surface area contributed by atoms with E-state index in [2.05, 4.69) is 27.2 Å². The topological polar surface area (TPSA) is 59.1 Å². The molecule has 3 heterocycles. The lowest BCUT2D eigenvalue weighted by Gasteiger charge is -2.44. The first kappa shape index (κ1) is 17.3. The molecule has 0 aliphatic carbocycles. The Bertz CT molecular complexity index is 694. The number of likely N-dealkylation sites (N-methyl/N-ethyl adjacent to an activating group) is 1. The Labute approximate surface area is 154 Å². The van der Waals surface area contributed by atoms with Gasteiger partial charge in [-0.25, -0.2) is 4.79 Å². The van der Waals surface area contributed by atoms with E-state index in [1.165, 1.54) is 4.90 Å². The highest BCUT2D eigenvalue weighted by atomic mass is 16.2. The predicted molar refractivity (Wildman–Crippen MR) is 99.3 cm³/mol. The SMILES string of the molecule is CC(C)CN1C(=O)C2C(NC3N(c4ccccc4)CCCN23)N(C)C1=O. The van der Waals surface area contributed by atoms with E-state index < -0.39 is 0 Å². The molecule has 3 aliphatic rings. The number of rotatable bonds is 3. The van der Waals surface area contributed by atoms with Crippen molar-refractivity contribution in [1.82, 2.24) is 20.0 Å². The summed E-state index contributed by atoms with van der Waals surface area (Å²) in [6.45, 7) is 6.30. The molecule has 1 aromatic carbocycles. The minimum Gasteiger partial charge on any atom is -0.343 e. The van der Waals surface area contributed by atoms with E-state index >= 15 is 0 Å². The molecule has 0 radical (unpaired) electrons. The Balaban J connectivity index is 1.64. The number of amides is 3. The zero-order chi connectivity index (χ0) is 18.4. The number of nitrogens with one attached hydrogen (secondary N) is 1. The molecule has 0 saturated carbocycles. The number of para-hydroxylation sites is 1. The van der Waals surface area contributed by atoms with Gasteiger partial charge in [0.15, 0.2) is 0 Å². The second kappa shape index (κ2) is 6.55. The van der Waals surface area contributed by atoms with Crippen LogP contribution >= 0.6 is 0 Å². The molecule has 3 fully saturated rings. The summed E-state index contributed by atoms with van der Waals surface area (Å²) in [4.78, 5) is 33.5. The van der Waals surface area contributed by atoms with Crippen LogP contribution in [0.15, 0.2) is 30.3 Å². The van der Waals surface area contributed by atoms with Gasteiger partial charge in [-0.15, -0.1) is 0 Å². The van der Waals surface area contributed by atoms with Crippen LogP contribution in [0.1, 0.15) is 20.3 Å². The van der Waals surface area contributed by atoms with Crippen molar-refractivity contribution in [3.63, 3.8) is 0 Å². The molecule has 3 amide bonds. The molecular weight excluding hydrogens is 330 g/mol. The van der Waals surface area contributed by atoms with Crippen LogP contribution in [0.5, 0.6) is 0 Å². The average Bonchev–Trinajstić information content (AvgIpc) is 3.04. The van der Waals surface area contributed by atoms with Crippen molar-refractivity contribution in [3.05, 3.63) is 30.3 Å². The number of nitrogens with zero attached hydrogens (tertiary/aromatic N) is 4. The first-order valence-electron chi connectivity index (χ1n) is 9.40. The molecule has 0 spiro atoms. The summed E-state index contributed by atoms with van der Waals surface area (Å²) in [5.74, 6) is 0.178. The molecule has 3 unspecified atom stereocenters. The first-order chi connectivity index (χ1) is 12.5. The lowest BCUT2D eigenvalue weighted by molar-refractivity contribution is -0.139. The van der Waals surface area contributed by atoms with Crippen LogP contribution < -0.4 is 10.2 Å². The first-order valence-corrected chi connectivity index (χ1v) is 9.40. The quantitative estimate of drug-likeness (QED) is 0.884. The fourth-order valence-corrected chi connectivity index (χ4v) is 4.34. The Morgan fingerprint density at radius 3 is 2.58 bits per heavy atom. The van der Waals surface area contributed by atoms with Crippen molar-refractivity contribution in [2.45, 2.75) is 38.8 Å². The Morgan fingerprint density at radius 1 is 1.15 bits per heavy atom. The second-order valence-electron chi connectivity index (χ2n) is 7.79. The summed E-state index contributed by atoms with van der Waals surface area (Å²) in [7, 11) is 1.79. The molecule has 0 bridgehead atoms. The van der Waals surface area contributed by atoms with E-state index in [4.69, 9.17) is 0 Å². The maximum atomic E-state index is 13.2. The highest BCUT2D eigenvalue weighted by Gasteiger charge is 2.56. The normalized spacial score (nSPS) is 29.4. The maximum Gasteiger partial charge on any atom is 0.327 e. The summed E-state index contributed by atoms with van der Waals surface area (Å²) in [6.07, 6.45) is 0.637. The van der Waals surface area contributed by atoms with Gasteiger partial charge in [-0.2, -0.15) is 0 Å². The molecule has 0 aromatic heterocycles. The molecule has 3 saturated heterocycles.